The van der Waals surface area contributed by atoms with Gasteiger partial charge in [-0.15, -0.1) is 0 Å². The number of aromatic hydroxyl groups is 2. The summed E-state index contributed by atoms with van der Waals surface area (Å²) in [7, 11) is 0. The molecule has 2 heteroatoms. The van der Waals surface area contributed by atoms with Crippen molar-refractivity contribution in [2.24, 2.45) is 0 Å². The average molecular weight is 433 g/mol. The maximum Gasteiger partial charge on any atom is 0.122 e. The predicted molar refractivity (Wildman–Crippen MR) is 139 cm³/mol. The lowest BCUT2D eigenvalue weighted by Gasteiger charge is -2.27. The molecule has 0 saturated carbocycles. The van der Waals surface area contributed by atoms with Gasteiger partial charge in [-0.1, -0.05) is 111 Å². The summed E-state index contributed by atoms with van der Waals surface area (Å²) in [5.41, 5.74) is 5.53. The second kappa shape index (κ2) is 9.62. The minimum atomic E-state index is -0.327. The zero-order chi connectivity index (χ0) is 23.3. The largest absolute Gasteiger partial charge is 0.507 e. The molecule has 0 aliphatic heterocycles. The molecule has 0 aliphatic carbocycles. The van der Waals surface area contributed by atoms with Gasteiger partial charge in [-0.05, 0) is 46.5 Å². The summed E-state index contributed by atoms with van der Waals surface area (Å²) in [4.78, 5) is 0. The van der Waals surface area contributed by atoms with E-state index < -0.39 is 0 Å². The van der Waals surface area contributed by atoms with Gasteiger partial charge in [-0.2, -0.15) is 0 Å². The van der Waals surface area contributed by atoms with Gasteiger partial charge >= 0.3 is 0 Å². The van der Waals surface area contributed by atoms with Gasteiger partial charge in [0.25, 0.3) is 0 Å². The Morgan fingerprint density at radius 2 is 0.909 bits per heavy atom. The first-order valence-corrected chi connectivity index (χ1v) is 11.1. The second-order valence-electron chi connectivity index (χ2n) is 8.66. The number of rotatable bonds is 6. The van der Waals surface area contributed by atoms with Crippen molar-refractivity contribution in [3.05, 3.63) is 130 Å². The van der Waals surface area contributed by atoms with E-state index in [1.54, 1.807) is 12.1 Å². The van der Waals surface area contributed by atoms with Crippen LogP contribution in [0.4, 0.5) is 0 Å². The highest BCUT2D eigenvalue weighted by Crippen LogP contribution is 2.36. The van der Waals surface area contributed by atoms with Crippen LogP contribution in [0.2, 0.25) is 0 Å². The molecular weight excluding hydrogens is 404 g/mol. The lowest BCUT2D eigenvalue weighted by molar-refractivity contribution is 0.472. The van der Waals surface area contributed by atoms with E-state index in [0.717, 1.165) is 33.4 Å². The second-order valence-corrected chi connectivity index (χ2v) is 8.66. The molecule has 0 fully saturated rings. The fraction of sp³-hybridized carbons (Fsp3) is 0.0968. The smallest absolute Gasteiger partial charge is 0.122 e. The van der Waals surface area contributed by atoms with Crippen molar-refractivity contribution in [2.45, 2.75) is 19.3 Å². The van der Waals surface area contributed by atoms with E-state index in [4.69, 9.17) is 0 Å². The molecule has 164 valence electrons. The number of hydrogen-bond acceptors (Lipinski definition) is 2. The summed E-state index contributed by atoms with van der Waals surface area (Å²) < 4.78 is 0. The summed E-state index contributed by atoms with van der Waals surface area (Å²) >= 11 is 0. The normalized spacial score (nSPS) is 11.9. The molecule has 0 spiro atoms. The van der Waals surface area contributed by atoms with Crippen molar-refractivity contribution in [1.29, 1.82) is 0 Å². The quantitative estimate of drug-likeness (QED) is 0.306. The van der Waals surface area contributed by atoms with Gasteiger partial charge in [-0.25, -0.2) is 0 Å². The zero-order valence-corrected chi connectivity index (χ0v) is 18.9. The summed E-state index contributed by atoms with van der Waals surface area (Å²) in [6.45, 7) is 4.31. The van der Waals surface area contributed by atoms with E-state index in [2.05, 4.69) is 13.8 Å². The van der Waals surface area contributed by atoms with Gasteiger partial charge in [0.2, 0.25) is 0 Å². The van der Waals surface area contributed by atoms with Crippen LogP contribution in [0.5, 0.6) is 11.5 Å². The van der Waals surface area contributed by atoms with Crippen LogP contribution in [0.15, 0.2) is 97.1 Å². The lowest BCUT2D eigenvalue weighted by atomic mass is 9.77. The third kappa shape index (κ3) is 5.24. The highest BCUT2D eigenvalue weighted by atomic mass is 16.3. The van der Waals surface area contributed by atoms with Gasteiger partial charge < -0.3 is 10.2 Å². The zero-order valence-electron chi connectivity index (χ0n) is 18.9. The minimum Gasteiger partial charge on any atom is -0.507 e. The third-order valence-electron chi connectivity index (χ3n) is 6.01. The Morgan fingerprint density at radius 1 is 0.515 bits per heavy atom. The first-order valence-electron chi connectivity index (χ1n) is 11.1. The Bertz CT molecular complexity index is 1180. The van der Waals surface area contributed by atoms with Crippen LogP contribution < -0.4 is 0 Å². The third-order valence-corrected chi connectivity index (χ3v) is 6.01. The van der Waals surface area contributed by atoms with E-state index in [1.165, 1.54) is 0 Å². The molecule has 0 aliphatic rings. The van der Waals surface area contributed by atoms with Crippen LogP contribution in [-0.4, -0.2) is 10.2 Å². The van der Waals surface area contributed by atoms with Gasteiger partial charge in [0.15, 0.2) is 0 Å². The van der Waals surface area contributed by atoms with Crippen molar-refractivity contribution in [3.8, 4) is 11.5 Å². The molecule has 0 radical (unpaired) electrons. The van der Waals surface area contributed by atoms with Crippen LogP contribution >= 0.6 is 0 Å². The molecule has 0 saturated heterocycles. The molecule has 0 amide bonds. The van der Waals surface area contributed by atoms with Crippen LogP contribution in [-0.2, 0) is 5.41 Å². The van der Waals surface area contributed by atoms with Crippen molar-refractivity contribution >= 4 is 24.3 Å². The van der Waals surface area contributed by atoms with Gasteiger partial charge in [0.05, 0.1) is 0 Å². The van der Waals surface area contributed by atoms with Gasteiger partial charge in [0, 0.05) is 16.5 Å². The molecule has 4 rings (SSSR count). The summed E-state index contributed by atoms with van der Waals surface area (Å²) in [6.07, 6.45) is 7.88. The molecule has 0 bridgehead atoms. The van der Waals surface area contributed by atoms with Crippen molar-refractivity contribution < 1.29 is 10.2 Å². The lowest BCUT2D eigenvalue weighted by Crippen LogP contribution is -2.19. The highest BCUT2D eigenvalue weighted by molar-refractivity contribution is 5.74. The van der Waals surface area contributed by atoms with Crippen LogP contribution in [0.3, 0.4) is 0 Å². The predicted octanol–water partition coefficient (Wildman–Crippen LogP) is 7.76. The monoisotopic (exact) mass is 432 g/mol. The number of hydrogen-bond donors (Lipinski definition) is 2. The Hall–Kier alpha value is -4.04. The molecule has 0 unspecified atom stereocenters. The summed E-state index contributed by atoms with van der Waals surface area (Å²) in [5.74, 6) is 0.498. The molecule has 33 heavy (non-hydrogen) atoms. The number of phenols is 2. The van der Waals surface area contributed by atoms with E-state index >= 15 is 0 Å². The Labute approximate surface area is 195 Å². The van der Waals surface area contributed by atoms with E-state index in [0.29, 0.717) is 0 Å². The summed E-state index contributed by atoms with van der Waals surface area (Å²) in [5, 5.41) is 20.8. The fourth-order valence-electron chi connectivity index (χ4n) is 3.82. The molecular formula is C31H28O2. The fourth-order valence-corrected chi connectivity index (χ4v) is 3.82. The van der Waals surface area contributed by atoms with E-state index in [9.17, 15) is 10.2 Å². The SMILES string of the molecule is CC(C)(c1ccc(O)c(C=Cc2ccccc2)c1)c1ccc(O)c(C=Cc2ccccc2)c1. The summed E-state index contributed by atoms with van der Waals surface area (Å²) in [6, 6.07) is 31.5. The first-order chi connectivity index (χ1) is 15.9. The van der Waals surface area contributed by atoms with Gasteiger partial charge in [-0.3, -0.25) is 0 Å². The molecule has 0 aromatic heterocycles. The van der Waals surface area contributed by atoms with Crippen LogP contribution in [0.25, 0.3) is 24.3 Å². The Kier molecular flexibility index (Phi) is 6.46. The average Bonchev–Trinajstić information content (AvgIpc) is 2.84. The standard InChI is InChI=1S/C31H28O2/c1-31(2,27-17-19-29(32)25(21-27)15-13-23-9-5-3-6-10-23)28-18-20-30(33)26(22-28)16-14-24-11-7-4-8-12-24/h3-22,32-33H,1-2H3. The van der Waals surface area contributed by atoms with Crippen molar-refractivity contribution in [3.63, 3.8) is 0 Å². The molecule has 4 aromatic rings. The number of benzene rings is 4. The van der Waals surface area contributed by atoms with Crippen molar-refractivity contribution in [1.82, 2.24) is 0 Å². The van der Waals surface area contributed by atoms with Gasteiger partial charge in [0.1, 0.15) is 11.5 Å². The maximum absolute atomic E-state index is 10.4. The molecule has 2 N–H and O–H groups in total. The molecule has 0 heterocycles. The van der Waals surface area contributed by atoms with E-state index in [-0.39, 0.29) is 16.9 Å². The Morgan fingerprint density at radius 3 is 1.30 bits per heavy atom. The maximum atomic E-state index is 10.4. The van der Waals surface area contributed by atoms with Crippen LogP contribution in [0, 0.1) is 0 Å². The molecule has 0 atom stereocenters. The minimum absolute atomic E-state index is 0.249. The Balaban J connectivity index is 1.65. The highest BCUT2D eigenvalue weighted by Gasteiger charge is 2.24. The van der Waals surface area contributed by atoms with Crippen LogP contribution in [0.1, 0.15) is 47.2 Å². The molecule has 4 aromatic carbocycles. The topological polar surface area (TPSA) is 40.5 Å². The molecule has 2 nitrogen and oxygen atoms in total. The number of phenolic OH excluding ortho intramolecular Hbond substituents is 2. The van der Waals surface area contributed by atoms with Crippen molar-refractivity contribution in [2.75, 3.05) is 0 Å². The van der Waals surface area contributed by atoms with E-state index in [1.807, 2.05) is 109 Å². The first kappa shape index (κ1) is 22.2.